The lowest BCUT2D eigenvalue weighted by molar-refractivity contribution is 0.102. The number of rotatable bonds is 7. The average molecular weight is 397 g/mol. The number of nitrogens with one attached hydrogen (secondary N) is 1. The molecule has 2 aromatic carbocycles. The van der Waals surface area contributed by atoms with Crippen LogP contribution in [0.3, 0.4) is 0 Å². The molecule has 136 valence electrons. The van der Waals surface area contributed by atoms with Gasteiger partial charge >= 0.3 is 0 Å². The Hall–Kier alpha value is -2.50. The fourth-order valence-corrected chi connectivity index (χ4v) is 3.75. The zero-order valence-electron chi connectivity index (χ0n) is 14.4. The number of aromatic nitrogens is 2. The second-order valence-electron chi connectivity index (χ2n) is 6.05. The number of ketones is 1. The summed E-state index contributed by atoms with van der Waals surface area (Å²) in [7, 11) is 0. The van der Waals surface area contributed by atoms with Crippen molar-refractivity contribution in [1.82, 2.24) is 9.97 Å². The first-order chi connectivity index (χ1) is 13.2. The van der Waals surface area contributed by atoms with Gasteiger partial charge in [0.25, 0.3) is 0 Å². The van der Waals surface area contributed by atoms with Crippen molar-refractivity contribution in [3.8, 4) is 5.75 Å². The molecular formula is C21H17ClN2O2S. The number of carbonyl (C=O) groups excluding carboxylic acids is 1. The molecule has 27 heavy (non-hydrogen) atoms. The van der Waals surface area contributed by atoms with Gasteiger partial charge in [-0.1, -0.05) is 29.8 Å². The Balaban J connectivity index is 1.38. The Labute approximate surface area is 165 Å². The summed E-state index contributed by atoms with van der Waals surface area (Å²) in [6, 6.07) is 19.1. The zero-order valence-corrected chi connectivity index (χ0v) is 16.0. The number of carbonyl (C=O) groups is 1. The van der Waals surface area contributed by atoms with Crippen LogP contribution in [0.25, 0.3) is 21.9 Å². The summed E-state index contributed by atoms with van der Waals surface area (Å²) in [6.45, 7) is 0.579. The fraction of sp³-hybridized carbons (Fsp3) is 0.143. The summed E-state index contributed by atoms with van der Waals surface area (Å²) in [6.07, 6.45) is 0. The van der Waals surface area contributed by atoms with Crippen molar-refractivity contribution < 1.29 is 9.53 Å². The molecule has 0 bridgehead atoms. The van der Waals surface area contributed by atoms with E-state index >= 15 is 0 Å². The van der Waals surface area contributed by atoms with E-state index in [0.29, 0.717) is 23.1 Å². The highest BCUT2D eigenvalue weighted by Gasteiger charge is 2.11. The van der Waals surface area contributed by atoms with Gasteiger partial charge in [0.2, 0.25) is 0 Å². The van der Waals surface area contributed by atoms with Gasteiger partial charge in [0.1, 0.15) is 16.5 Å². The highest BCUT2D eigenvalue weighted by atomic mass is 35.5. The quantitative estimate of drug-likeness (QED) is 0.259. The van der Waals surface area contributed by atoms with Crippen molar-refractivity contribution in [3.63, 3.8) is 0 Å². The van der Waals surface area contributed by atoms with E-state index in [9.17, 15) is 4.79 Å². The lowest BCUT2D eigenvalue weighted by Gasteiger charge is -2.05. The number of ether oxygens (including phenoxy) is 1. The Morgan fingerprint density at radius 3 is 2.78 bits per heavy atom. The minimum atomic E-state index is 0.109. The highest BCUT2D eigenvalue weighted by Crippen LogP contribution is 2.26. The van der Waals surface area contributed by atoms with Crippen LogP contribution in [0.1, 0.15) is 10.4 Å². The van der Waals surface area contributed by atoms with Crippen molar-refractivity contribution in [1.29, 1.82) is 0 Å². The maximum absolute atomic E-state index is 12.5. The molecule has 0 aliphatic carbocycles. The third-order valence-electron chi connectivity index (χ3n) is 4.22. The molecule has 2 aromatic heterocycles. The second kappa shape index (κ2) is 8.03. The Morgan fingerprint density at radius 1 is 1.07 bits per heavy atom. The molecule has 2 heterocycles. The number of thioether (sulfide) groups is 1. The van der Waals surface area contributed by atoms with Crippen molar-refractivity contribution in [2.45, 2.75) is 0 Å². The minimum Gasteiger partial charge on any atom is -0.493 e. The molecule has 0 saturated carbocycles. The van der Waals surface area contributed by atoms with Gasteiger partial charge in [-0.05, 0) is 42.5 Å². The lowest BCUT2D eigenvalue weighted by atomic mass is 10.1. The third kappa shape index (κ3) is 4.10. The van der Waals surface area contributed by atoms with E-state index in [4.69, 9.17) is 16.3 Å². The molecule has 4 rings (SSSR count). The number of hydrogen-bond donors (Lipinski definition) is 1. The number of para-hydroxylation sites is 1. The number of pyridine rings is 1. The average Bonchev–Trinajstić information content (AvgIpc) is 3.05. The number of benzene rings is 2. The van der Waals surface area contributed by atoms with E-state index in [1.54, 1.807) is 17.8 Å². The van der Waals surface area contributed by atoms with Gasteiger partial charge < -0.3 is 9.72 Å². The molecule has 0 atom stereocenters. The van der Waals surface area contributed by atoms with E-state index in [-0.39, 0.29) is 5.78 Å². The summed E-state index contributed by atoms with van der Waals surface area (Å²) < 4.78 is 5.64. The van der Waals surface area contributed by atoms with Crippen LogP contribution >= 0.6 is 23.4 Å². The van der Waals surface area contributed by atoms with Gasteiger partial charge in [0, 0.05) is 27.6 Å². The van der Waals surface area contributed by atoms with E-state index in [2.05, 4.69) is 9.97 Å². The van der Waals surface area contributed by atoms with Crippen LogP contribution in [-0.2, 0) is 0 Å². The number of hydrogen-bond acceptors (Lipinski definition) is 4. The number of aromatic amines is 1. The van der Waals surface area contributed by atoms with Gasteiger partial charge in [-0.2, -0.15) is 11.8 Å². The van der Waals surface area contributed by atoms with E-state index in [0.717, 1.165) is 33.4 Å². The SMILES string of the molecule is O=C(CSCCOc1ccccc1)c1ccc2[nH]c3nc(Cl)ccc3c2c1. The minimum absolute atomic E-state index is 0.109. The summed E-state index contributed by atoms with van der Waals surface area (Å²) in [4.78, 5) is 20.0. The monoisotopic (exact) mass is 396 g/mol. The number of nitrogens with zero attached hydrogens (tertiary/aromatic N) is 1. The number of H-pyrrole nitrogens is 1. The summed E-state index contributed by atoms with van der Waals surface area (Å²) in [5.41, 5.74) is 2.38. The van der Waals surface area contributed by atoms with Crippen LogP contribution in [-0.4, -0.2) is 33.9 Å². The molecule has 0 radical (unpaired) electrons. The first kappa shape index (κ1) is 17.9. The molecule has 4 nitrogen and oxygen atoms in total. The standard InChI is InChI=1S/C21H17ClN2O2S/c22-20-9-7-16-17-12-14(6-8-18(17)23-21(16)24-20)19(25)13-27-11-10-26-15-4-2-1-3-5-15/h1-9,12H,10-11,13H2,(H,23,24). The Morgan fingerprint density at radius 2 is 1.93 bits per heavy atom. The van der Waals surface area contributed by atoms with Crippen LogP contribution in [0.4, 0.5) is 0 Å². The van der Waals surface area contributed by atoms with Gasteiger partial charge in [-0.3, -0.25) is 4.79 Å². The molecule has 0 spiro atoms. The van der Waals surface area contributed by atoms with Crippen LogP contribution in [0.2, 0.25) is 5.15 Å². The molecule has 0 unspecified atom stereocenters. The van der Waals surface area contributed by atoms with Gasteiger partial charge in [-0.15, -0.1) is 0 Å². The van der Waals surface area contributed by atoms with Crippen LogP contribution in [0, 0.1) is 0 Å². The molecule has 0 amide bonds. The Kier molecular flexibility index (Phi) is 5.32. The smallest absolute Gasteiger partial charge is 0.172 e. The molecule has 0 fully saturated rings. The number of halogens is 1. The van der Waals surface area contributed by atoms with Crippen molar-refractivity contribution in [2.24, 2.45) is 0 Å². The molecular weight excluding hydrogens is 380 g/mol. The molecule has 0 aliphatic heterocycles. The third-order valence-corrected chi connectivity index (χ3v) is 5.35. The van der Waals surface area contributed by atoms with Gasteiger partial charge in [-0.25, -0.2) is 4.98 Å². The number of fused-ring (bicyclic) bond motifs is 3. The van der Waals surface area contributed by atoms with Crippen LogP contribution in [0.5, 0.6) is 5.75 Å². The number of Topliss-reactive ketones (excluding diaryl/α,β-unsaturated/α-hetero) is 1. The summed E-state index contributed by atoms with van der Waals surface area (Å²) >= 11 is 7.53. The largest absolute Gasteiger partial charge is 0.493 e. The fourth-order valence-electron chi connectivity index (χ4n) is 2.91. The van der Waals surface area contributed by atoms with Crippen molar-refractivity contribution in [2.75, 3.05) is 18.1 Å². The maximum atomic E-state index is 12.5. The Bertz CT molecular complexity index is 1100. The van der Waals surface area contributed by atoms with Crippen molar-refractivity contribution >= 4 is 51.1 Å². The molecule has 4 aromatic rings. The second-order valence-corrected chi connectivity index (χ2v) is 7.55. The van der Waals surface area contributed by atoms with E-state index in [1.807, 2.05) is 54.6 Å². The molecule has 0 aliphatic rings. The van der Waals surface area contributed by atoms with Gasteiger partial charge in [0.05, 0.1) is 12.4 Å². The maximum Gasteiger partial charge on any atom is 0.172 e. The van der Waals surface area contributed by atoms with Crippen molar-refractivity contribution in [3.05, 3.63) is 71.4 Å². The van der Waals surface area contributed by atoms with Gasteiger partial charge in [0.15, 0.2) is 5.78 Å². The molecule has 6 heteroatoms. The first-order valence-electron chi connectivity index (χ1n) is 8.57. The van der Waals surface area contributed by atoms with E-state index in [1.165, 1.54) is 0 Å². The molecule has 0 saturated heterocycles. The van der Waals surface area contributed by atoms with Crippen LogP contribution < -0.4 is 4.74 Å². The topological polar surface area (TPSA) is 55.0 Å². The normalized spacial score (nSPS) is 11.1. The predicted molar refractivity (Wildman–Crippen MR) is 112 cm³/mol. The van der Waals surface area contributed by atoms with Crippen LogP contribution in [0.15, 0.2) is 60.7 Å². The lowest BCUT2D eigenvalue weighted by Crippen LogP contribution is -2.06. The summed E-state index contributed by atoms with van der Waals surface area (Å²) in [5, 5.41) is 2.39. The highest BCUT2D eigenvalue weighted by molar-refractivity contribution is 8.00. The summed E-state index contributed by atoms with van der Waals surface area (Å²) in [5.74, 6) is 2.15. The predicted octanol–water partition coefficient (Wildman–Crippen LogP) is 5.36. The first-order valence-corrected chi connectivity index (χ1v) is 10.1. The van der Waals surface area contributed by atoms with E-state index < -0.39 is 0 Å². The zero-order chi connectivity index (χ0) is 18.6. The molecule has 1 N–H and O–H groups in total.